The third-order valence-corrected chi connectivity index (χ3v) is 5.44. The van der Waals surface area contributed by atoms with E-state index in [0.717, 1.165) is 10.8 Å². The molecule has 5 nitrogen and oxygen atoms in total. The molecule has 0 saturated heterocycles. The van der Waals surface area contributed by atoms with Gasteiger partial charge in [-0.2, -0.15) is 0 Å². The Morgan fingerprint density at radius 1 is 1.13 bits per heavy atom. The van der Waals surface area contributed by atoms with Gasteiger partial charge in [-0.3, -0.25) is 9.59 Å². The van der Waals surface area contributed by atoms with Crippen LogP contribution >= 0.6 is 15.9 Å². The van der Waals surface area contributed by atoms with Gasteiger partial charge in [-0.25, -0.2) is 9.36 Å². The highest BCUT2D eigenvalue weighted by Gasteiger charge is 2.38. The van der Waals surface area contributed by atoms with Gasteiger partial charge in [0.2, 0.25) is 0 Å². The molecule has 0 unspecified atom stereocenters. The minimum Gasteiger partial charge on any atom is -0.370 e. The number of nitrogens with zero attached hydrogens (tertiary/aromatic N) is 2. The van der Waals surface area contributed by atoms with Crippen LogP contribution in [0.5, 0.6) is 0 Å². The number of benzene rings is 2. The largest absolute Gasteiger partial charge is 0.370 e. The Bertz CT molecular complexity index is 1070. The van der Waals surface area contributed by atoms with Crippen LogP contribution in [0.15, 0.2) is 46.0 Å². The number of fused-ring (bicyclic) bond motifs is 3. The summed E-state index contributed by atoms with van der Waals surface area (Å²) in [5.41, 5.74) is -0.587. The van der Waals surface area contributed by atoms with E-state index in [2.05, 4.69) is 15.9 Å². The molecule has 0 amide bonds. The van der Waals surface area contributed by atoms with Crippen LogP contribution in [0, 0.1) is 0 Å². The van der Waals surface area contributed by atoms with Crippen LogP contribution in [-0.4, -0.2) is 18.8 Å². The summed E-state index contributed by atoms with van der Waals surface area (Å²) in [6.45, 7) is 2.21. The molecule has 23 heavy (non-hydrogen) atoms. The summed E-state index contributed by atoms with van der Waals surface area (Å²) in [5.74, 6) is 0. The molecule has 6 heteroatoms. The van der Waals surface area contributed by atoms with Crippen LogP contribution in [0.4, 0.5) is 0 Å². The van der Waals surface area contributed by atoms with Crippen LogP contribution in [0.2, 0.25) is 0 Å². The first-order valence-corrected chi connectivity index (χ1v) is 8.24. The van der Waals surface area contributed by atoms with Crippen molar-refractivity contribution in [1.82, 2.24) is 9.36 Å². The Hall–Kier alpha value is -1.92. The van der Waals surface area contributed by atoms with Gasteiger partial charge in [0.15, 0.2) is 6.23 Å². The normalized spacial score (nSPS) is 24.0. The first-order chi connectivity index (χ1) is 10.9. The first-order valence-electron chi connectivity index (χ1n) is 7.45. The molecule has 2 heterocycles. The van der Waals surface area contributed by atoms with Crippen LogP contribution in [0.1, 0.15) is 19.6 Å². The summed E-state index contributed by atoms with van der Waals surface area (Å²) in [6, 6.07) is 11.1. The Kier molecular flexibility index (Phi) is 3.05. The van der Waals surface area contributed by atoms with E-state index >= 15 is 0 Å². The highest BCUT2D eigenvalue weighted by molar-refractivity contribution is 9.10. The fraction of sp³-hybridized carbons (Fsp3) is 0.294. The zero-order valence-corrected chi connectivity index (χ0v) is 14.1. The second kappa shape index (κ2) is 4.79. The average molecular weight is 375 g/mol. The Labute approximate surface area is 139 Å². The minimum absolute atomic E-state index is 0.243. The molecule has 0 aliphatic carbocycles. The van der Waals surface area contributed by atoms with Gasteiger partial charge in [-0.1, -0.05) is 40.2 Å². The zero-order valence-electron chi connectivity index (χ0n) is 12.5. The molecular weight excluding hydrogens is 360 g/mol. The first kappa shape index (κ1) is 14.7. The summed E-state index contributed by atoms with van der Waals surface area (Å²) < 4.78 is 1.90. The van der Waals surface area contributed by atoms with E-state index in [1.54, 1.807) is 12.1 Å². The second-order valence-corrected chi connectivity index (χ2v) is 8.04. The van der Waals surface area contributed by atoms with Crippen molar-refractivity contribution in [3.63, 3.8) is 0 Å². The predicted octanol–water partition coefficient (Wildman–Crippen LogP) is 2.36. The van der Waals surface area contributed by atoms with Crippen molar-refractivity contribution < 1.29 is 5.11 Å². The summed E-state index contributed by atoms with van der Waals surface area (Å²) in [5, 5.41) is 13.1. The van der Waals surface area contributed by atoms with E-state index in [-0.39, 0.29) is 11.1 Å². The number of aromatic nitrogens is 2. The van der Waals surface area contributed by atoms with Crippen LogP contribution in [0.25, 0.3) is 21.5 Å². The zero-order chi connectivity index (χ0) is 16.4. The fourth-order valence-electron chi connectivity index (χ4n) is 3.23. The molecular formula is C17H15BrN2O3. The molecule has 1 aromatic heterocycles. The number of hydrogen-bond acceptors (Lipinski definition) is 3. The van der Waals surface area contributed by atoms with Gasteiger partial charge in [0.25, 0.3) is 11.1 Å². The summed E-state index contributed by atoms with van der Waals surface area (Å²) in [6.07, 6.45) is -0.528. The van der Waals surface area contributed by atoms with Gasteiger partial charge in [-0.15, -0.1) is 0 Å². The molecule has 0 bridgehead atoms. The van der Waals surface area contributed by atoms with E-state index in [1.807, 2.05) is 31.2 Å². The maximum Gasteiger partial charge on any atom is 0.275 e. The van der Waals surface area contributed by atoms with Crippen molar-refractivity contribution in [1.29, 1.82) is 0 Å². The molecule has 0 spiro atoms. The lowest BCUT2D eigenvalue weighted by Gasteiger charge is -2.36. The molecule has 0 fully saturated rings. The van der Waals surface area contributed by atoms with Crippen molar-refractivity contribution in [2.24, 2.45) is 0 Å². The topological polar surface area (TPSA) is 64.2 Å². The Morgan fingerprint density at radius 3 is 2.30 bits per heavy atom. The SMILES string of the molecule is C[C@@]1(Br)CCn2c(=O)c3cc4ccccc4cc3c(=O)n2[C@H]1O. The monoisotopic (exact) mass is 374 g/mol. The molecule has 3 aromatic rings. The molecule has 4 rings (SSSR count). The number of aliphatic hydroxyl groups excluding tert-OH is 1. The van der Waals surface area contributed by atoms with Crippen molar-refractivity contribution in [2.45, 2.75) is 30.4 Å². The van der Waals surface area contributed by atoms with Crippen molar-refractivity contribution in [3.8, 4) is 0 Å². The van der Waals surface area contributed by atoms with Gasteiger partial charge in [0, 0.05) is 6.54 Å². The van der Waals surface area contributed by atoms with Crippen LogP contribution in [-0.2, 0) is 6.54 Å². The lowest BCUT2D eigenvalue weighted by atomic mass is 10.0. The summed E-state index contributed by atoms with van der Waals surface area (Å²) in [7, 11) is 0. The summed E-state index contributed by atoms with van der Waals surface area (Å²) >= 11 is 3.47. The quantitative estimate of drug-likeness (QED) is 0.485. The lowest BCUT2D eigenvalue weighted by molar-refractivity contribution is 0.0106. The van der Waals surface area contributed by atoms with E-state index in [4.69, 9.17) is 0 Å². The molecule has 1 aliphatic rings. The molecule has 2 aromatic carbocycles. The van der Waals surface area contributed by atoms with Gasteiger partial charge in [-0.05, 0) is 36.2 Å². The number of alkyl halides is 1. The molecule has 118 valence electrons. The van der Waals surface area contributed by atoms with E-state index in [9.17, 15) is 14.7 Å². The maximum atomic E-state index is 12.9. The average Bonchev–Trinajstić information content (AvgIpc) is 2.54. The van der Waals surface area contributed by atoms with E-state index in [0.29, 0.717) is 23.7 Å². The standard InChI is InChI=1S/C17H15BrN2O3/c1-17(18)6-7-19-14(21)12-8-10-4-2-3-5-11(10)9-13(12)15(22)20(19)16(17)23/h2-5,8-9,16,23H,6-7H2,1H3/t16-,17+/m0/s1. The van der Waals surface area contributed by atoms with Crippen LogP contribution < -0.4 is 11.1 Å². The van der Waals surface area contributed by atoms with Crippen molar-refractivity contribution in [2.75, 3.05) is 0 Å². The molecule has 1 N–H and O–H groups in total. The van der Waals surface area contributed by atoms with Gasteiger partial charge in [0.1, 0.15) is 0 Å². The van der Waals surface area contributed by atoms with Gasteiger partial charge < -0.3 is 5.11 Å². The fourth-order valence-corrected chi connectivity index (χ4v) is 3.60. The highest BCUT2D eigenvalue weighted by Crippen LogP contribution is 2.35. The molecule has 0 radical (unpaired) electrons. The van der Waals surface area contributed by atoms with Crippen LogP contribution in [0.3, 0.4) is 0 Å². The third kappa shape index (κ3) is 2.01. The Morgan fingerprint density at radius 2 is 1.70 bits per heavy atom. The summed E-state index contributed by atoms with van der Waals surface area (Å²) in [4.78, 5) is 25.7. The molecule has 2 atom stereocenters. The smallest absolute Gasteiger partial charge is 0.275 e. The minimum atomic E-state index is -1.09. The number of hydrogen-bond donors (Lipinski definition) is 1. The maximum absolute atomic E-state index is 12.9. The predicted molar refractivity (Wildman–Crippen MR) is 93.2 cm³/mol. The van der Waals surface area contributed by atoms with E-state index in [1.165, 1.54) is 9.36 Å². The third-order valence-electron chi connectivity index (χ3n) is 4.63. The van der Waals surface area contributed by atoms with E-state index < -0.39 is 10.6 Å². The second-order valence-electron chi connectivity index (χ2n) is 6.22. The molecule has 1 aliphatic heterocycles. The molecule has 0 saturated carbocycles. The van der Waals surface area contributed by atoms with Gasteiger partial charge in [0.05, 0.1) is 15.1 Å². The van der Waals surface area contributed by atoms with Gasteiger partial charge >= 0.3 is 0 Å². The number of halogens is 1. The lowest BCUT2D eigenvalue weighted by Crippen LogP contribution is -2.50. The number of rotatable bonds is 0. The van der Waals surface area contributed by atoms with Crippen molar-refractivity contribution >= 4 is 37.5 Å². The highest BCUT2D eigenvalue weighted by atomic mass is 79.9. The number of aliphatic hydroxyl groups is 1. The van der Waals surface area contributed by atoms with Crippen molar-refractivity contribution in [3.05, 3.63) is 57.1 Å². The Balaban J connectivity index is 2.18.